The molecule has 9 heteroatoms. The molecule has 2 fully saturated rings. The lowest BCUT2D eigenvalue weighted by Crippen LogP contribution is -2.54. The molecule has 2 aromatic carbocycles. The molecule has 2 N–H and O–H groups in total. The zero-order chi connectivity index (χ0) is 23.1. The Balaban J connectivity index is 1.21. The molecule has 2 aliphatic rings. The molecule has 0 unspecified atom stereocenters. The van der Waals surface area contributed by atoms with Gasteiger partial charge in [-0.05, 0) is 48.5 Å². The maximum absolute atomic E-state index is 13.1. The summed E-state index contributed by atoms with van der Waals surface area (Å²) < 4.78 is 0. The highest BCUT2D eigenvalue weighted by molar-refractivity contribution is 6.31. The Labute approximate surface area is 201 Å². The van der Waals surface area contributed by atoms with Gasteiger partial charge in [0.05, 0.1) is 12.1 Å². The monoisotopic (exact) mass is 486 g/mol. The van der Waals surface area contributed by atoms with Crippen LogP contribution in [0.25, 0.3) is 10.9 Å². The fraction of sp³-hybridized carbons (Fsp3) is 0.333. The summed E-state index contributed by atoms with van der Waals surface area (Å²) in [6.07, 6.45) is -0.633. The lowest BCUT2D eigenvalue weighted by Gasteiger charge is -2.38. The Bertz CT molecular complexity index is 1190. The van der Waals surface area contributed by atoms with Gasteiger partial charge in [-0.15, -0.1) is 0 Å². The van der Waals surface area contributed by atoms with Gasteiger partial charge in [-0.3, -0.25) is 14.5 Å². The second-order valence-corrected chi connectivity index (χ2v) is 9.47. The summed E-state index contributed by atoms with van der Waals surface area (Å²) in [5.41, 5.74) is 1.95. The third-order valence-corrected chi connectivity index (χ3v) is 7.01. The molecular weight excluding hydrogens is 463 g/mol. The van der Waals surface area contributed by atoms with Crippen LogP contribution in [-0.4, -0.2) is 88.0 Å². The quantitative estimate of drug-likeness (QED) is 0.595. The van der Waals surface area contributed by atoms with Gasteiger partial charge in [0.25, 0.3) is 11.8 Å². The second kappa shape index (κ2) is 8.99. The number of aromatic nitrogens is 1. The van der Waals surface area contributed by atoms with Gasteiger partial charge in [0.2, 0.25) is 0 Å². The molecule has 3 aromatic rings. The number of aliphatic hydroxyl groups is 1. The van der Waals surface area contributed by atoms with Crippen molar-refractivity contribution in [1.82, 2.24) is 19.7 Å². The highest BCUT2D eigenvalue weighted by Crippen LogP contribution is 2.24. The van der Waals surface area contributed by atoms with E-state index in [9.17, 15) is 14.7 Å². The minimum absolute atomic E-state index is 0.0194. The minimum Gasteiger partial charge on any atom is -0.390 e. The molecule has 0 bridgehead atoms. The number of H-pyrrole nitrogens is 1. The number of likely N-dealkylation sites (tertiary alicyclic amines) is 1. The van der Waals surface area contributed by atoms with Crippen LogP contribution in [-0.2, 0) is 0 Å². The molecule has 5 rings (SSSR count). The number of hydrogen-bond donors (Lipinski definition) is 2. The standard InChI is InChI=1S/C24H24Cl2N4O3/c25-17-3-1-15(2-4-17)23(32)29-9-7-28(8-10-29)21-13-30(14-22(21)31)24(33)20-12-16-11-18(26)5-6-19(16)27-20/h1-6,11-12,21-22,27,31H,7-10,13-14H2/t21-,22-/m1/s1. The zero-order valence-corrected chi connectivity index (χ0v) is 19.4. The van der Waals surface area contributed by atoms with Crippen molar-refractivity contribution in [1.29, 1.82) is 0 Å². The van der Waals surface area contributed by atoms with Gasteiger partial charge >= 0.3 is 0 Å². The number of aromatic amines is 1. The summed E-state index contributed by atoms with van der Waals surface area (Å²) in [4.78, 5) is 34.6. The number of aliphatic hydroxyl groups excluding tert-OH is 1. The van der Waals surface area contributed by atoms with E-state index < -0.39 is 6.10 Å². The van der Waals surface area contributed by atoms with Crippen LogP contribution in [0.1, 0.15) is 20.8 Å². The van der Waals surface area contributed by atoms with Crippen LogP contribution >= 0.6 is 23.2 Å². The van der Waals surface area contributed by atoms with Crippen molar-refractivity contribution in [2.75, 3.05) is 39.3 Å². The van der Waals surface area contributed by atoms with Gasteiger partial charge < -0.3 is 19.9 Å². The molecule has 0 saturated carbocycles. The van der Waals surface area contributed by atoms with E-state index in [-0.39, 0.29) is 24.4 Å². The van der Waals surface area contributed by atoms with Crippen LogP contribution in [0.2, 0.25) is 10.0 Å². The number of amides is 2. The lowest BCUT2D eigenvalue weighted by atomic mass is 10.1. The number of carbonyl (C=O) groups excluding carboxylic acids is 2. The van der Waals surface area contributed by atoms with Gasteiger partial charge in [0, 0.05) is 65.8 Å². The number of hydrogen-bond acceptors (Lipinski definition) is 4. The molecule has 7 nitrogen and oxygen atoms in total. The fourth-order valence-corrected chi connectivity index (χ4v) is 5.02. The van der Waals surface area contributed by atoms with Crippen LogP contribution in [0.5, 0.6) is 0 Å². The number of rotatable bonds is 3. The average Bonchev–Trinajstić information content (AvgIpc) is 3.42. The van der Waals surface area contributed by atoms with E-state index >= 15 is 0 Å². The Morgan fingerprint density at radius 1 is 0.848 bits per heavy atom. The lowest BCUT2D eigenvalue weighted by molar-refractivity contribution is 0.0376. The molecule has 2 saturated heterocycles. The molecular formula is C24H24Cl2N4O3. The molecule has 1 aromatic heterocycles. The first kappa shape index (κ1) is 22.2. The topological polar surface area (TPSA) is 79.9 Å². The Morgan fingerprint density at radius 2 is 1.55 bits per heavy atom. The van der Waals surface area contributed by atoms with Gasteiger partial charge in [0.15, 0.2) is 0 Å². The average molecular weight is 487 g/mol. The highest BCUT2D eigenvalue weighted by Gasteiger charge is 2.39. The Hall–Kier alpha value is -2.58. The van der Waals surface area contributed by atoms with Crippen molar-refractivity contribution in [3.8, 4) is 0 Å². The smallest absolute Gasteiger partial charge is 0.270 e. The normalized spacial score (nSPS) is 21.7. The largest absolute Gasteiger partial charge is 0.390 e. The maximum Gasteiger partial charge on any atom is 0.270 e. The summed E-state index contributed by atoms with van der Waals surface area (Å²) in [7, 11) is 0. The van der Waals surface area contributed by atoms with Crippen LogP contribution in [0.15, 0.2) is 48.5 Å². The van der Waals surface area contributed by atoms with E-state index in [1.807, 2.05) is 17.0 Å². The van der Waals surface area contributed by atoms with Crippen molar-refractivity contribution >= 4 is 45.9 Å². The molecule has 0 spiro atoms. The molecule has 33 heavy (non-hydrogen) atoms. The summed E-state index contributed by atoms with van der Waals surface area (Å²) in [5, 5.41) is 12.8. The number of β-amino-alcohol motifs (C(OH)–C–C–N with tert-alkyl or cyclic N) is 1. The first-order valence-corrected chi connectivity index (χ1v) is 11.7. The van der Waals surface area contributed by atoms with E-state index in [0.717, 1.165) is 10.9 Å². The van der Waals surface area contributed by atoms with E-state index in [1.165, 1.54) is 0 Å². The predicted octanol–water partition coefficient (Wildman–Crippen LogP) is 3.12. The van der Waals surface area contributed by atoms with E-state index in [0.29, 0.717) is 54.0 Å². The molecule has 2 aliphatic heterocycles. The van der Waals surface area contributed by atoms with Crippen LogP contribution < -0.4 is 0 Å². The SMILES string of the molecule is O=C(c1ccc(Cl)cc1)N1CCN([C@@H]2CN(C(=O)c3cc4cc(Cl)ccc4[nH]3)C[C@H]2O)CC1. The number of piperazine rings is 1. The van der Waals surface area contributed by atoms with Gasteiger partial charge in [-0.25, -0.2) is 0 Å². The maximum atomic E-state index is 13.1. The van der Waals surface area contributed by atoms with Gasteiger partial charge in [-0.2, -0.15) is 0 Å². The summed E-state index contributed by atoms with van der Waals surface area (Å²) in [6.45, 7) is 3.16. The molecule has 0 aliphatic carbocycles. The van der Waals surface area contributed by atoms with E-state index in [2.05, 4.69) is 9.88 Å². The third-order valence-electron chi connectivity index (χ3n) is 6.52. The summed E-state index contributed by atoms with van der Waals surface area (Å²) in [5.74, 6) is -0.158. The first-order valence-electron chi connectivity index (χ1n) is 10.9. The van der Waals surface area contributed by atoms with Crippen molar-refractivity contribution < 1.29 is 14.7 Å². The number of benzene rings is 2. The highest BCUT2D eigenvalue weighted by atomic mass is 35.5. The van der Waals surface area contributed by atoms with Crippen LogP contribution in [0.4, 0.5) is 0 Å². The number of halogens is 2. The summed E-state index contributed by atoms with van der Waals surface area (Å²) in [6, 6.07) is 14.0. The van der Waals surface area contributed by atoms with Crippen molar-refractivity contribution in [3.05, 3.63) is 69.8 Å². The number of nitrogens with zero attached hydrogens (tertiary/aromatic N) is 3. The number of fused-ring (bicyclic) bond motifs is 1. The number of nitrogens with one attached hydrogen (secondary N) is 1. The zero-order valence-electron chi connectivity index (χ0n) is 17.9. The third kappa shape index (κ3) is 4.46. The molecule has 2 atom stereocenters. The molecule has 3 heterocycles. The van der Waals surface area contributed by atoms with Crippen molar-refractivity contribution in [3.63, 3.8) is 0 Å². The van der Waals surface area contributed by atoms with Crippen LogP contribution in [0.3, 0.4) is 0 Å². The molecule has 172 valence electrons. The Kier molecular flexibility index (Phi) is 6.05. The second-order valence-electron chi connectivity index (χ2n) is 8.59. The molecule has 0 radical (unpaired) electrons. The van der Waals surface area contributed by atoms with Crippen molar-refractivity contribution in [2.24, 2.45) is 0 Å². The Morgan fingerprint density at radius 3 is 2.27 bits per heavy atom. The van der Waals surface area contributed by atoms with Gasteiger partial charge in [0.1, 0.15) is 5.69 Å². The van der Waals surface area contributed by atoms with E-state index in [4.69, 9.17) is 23.2 Å². The predicted molar refractivity (Wildman–Crippen MR) is 128 cm³/mol. The number of carbonyl (C=O) groups is 2. The van der Waals surface area contributed by atoms with E-state index in [1.54, 1.807) is 41.3 Å². The molecule has 2 amide bonds. The fourth-order valence-electron chi connectivity index (χ4n) is 4.71. The van der Waals surface area contributed by atoms with Gasteiger partial charge in [-0.1, -0.05) is 23.2 Å². The minimum atomic E-state index is -0.633. The first-order chi connectivity index (χ1) is 15.9. The van der Waals surface area contributed by atoms with Crippen molar-refractivity contribution in [2.45, 2.75) is 12.1 Å². The van der Waals surface area contributed by atoms with Crippen LogP contribution in [0, 0.1) is 0 Å². The summed E-state index contributed by atoms with van der Waals surface area (Å²) >= 11 is 12.0.